The van der Waals surface area contributed by atoms with Crippen molar-refractivity contribution >= 4 is 18.1 Å². The maximum Gasteiger partial charge on any atom is 0.410 e. The SMILES string of the molecule is CC(C)(C)OC(=O)NCCCC(=O)N1CCN(C(=O)OCc2ccccc2)C(CO)C1. The molecule has 0 spiro atoms. The zero-order chi connectivity index (χ0) is 22.9. The summed E-state index contributed by atoms with van der Waals surface area (Å²) in [5, 5.41) is 12.3. The van der Waals surface area contributed by atoms with E-state index in [0.29, 0.717) is 26.1 Å². The van der Waals surface area contributed by atoms with Crippen molar-refractivity contribution in [3.8, 4) is 0 Å². The highest BCUT2D eigenvalue weighted by Crippen LogP contribution is 2.14. The van der Waals surface area contributed by atoms with Crippen LogP contribution in [0.4, 0.5) is 9.59 Å². The molecule has 1 aromatic rings. The summed E-state index contributed by atoms with van der Waals surface area (Å²) in [5.41, 5.74) is 0.311. The number of piperazine rings is 1. The molecule has 2 rings (SSSR count). The molecule has 1 saturated heterocycles. The number of rotatable bonds is 7. The number of ether oxygens (including phenoxy) is 2. The first-order chi connectivity index (χ1) is 14.7. The zero-order valence-corrected chi connectivity index (χ0v) is 18.5. The van der Waals surface area contributed by atoms with Gasteiger partial charge in [-0.25, -0.2) is 9.59 Å². The molecule has 0 bridgehead atoms. The molecule has 0 aromatic heterocycles. The molecule has 0 aliphatic carbocycles. The molecule has 9 heteroatoms. The molecule has 1 fully saturated rings. The number of amides is 3. The molecule has 3 amide bonds. The van der Waals surface area contributed by atoms with Gasteiger partial charge in [0.25, 0.3) is 0 Å². The largest absolute Gasteiger partial charge is 0.445 e. The quantitative estimate of drug-likeness (QED) is 0.635. The number of hydrogen-bond acceptors (Lipinski definition) is 6. The lowest BCUT2D eigenvalue weighted by molar-refractivity contribution is -0.134. The van der Waals surface area contributed by atoms with Crippen LogP contribution in [0.5, 0.6) is 0 Å². The molecule has 1 aliphatic rings. The second-order valence-electron chi connectivity index (χ2n) is 8.44. The molecule has 9 nitrogen and oxygen atoms in total. The van der Waals surface area contributed by atoms with Gasteiger partial charge in [-0.3, -0.25) is 9.69 Å². The third kappa shape index (κ3) is 8.45. The molecule has 2 N–H and O–H groups in total. The van der Waals surface area contributed by atoms with E-state index in [4.69, 9.17) is 9.47 Å². The van der Waals surface area contributed by atoms with E-state index in [1.807, 2.05) is 30.3 Å². The van der Waals surface area contributed by atoms with Gasteiger partial charge in [-0.1, -0.05) is 30.3 Å². The average Bonchev–Trinajstić information content (AvgIpc) is 2.74. The van der Waals surface area contributed by atoms with Crippen molar-refractivity contribution in [1.29, 1.82) is 0 Å². The van der Waals surface area contributed by atoms with E-state index in [-0.39, 0.29) is 32.1 Å². The molecule has 0 saturated carbocycles. The van der Waals surface area contributed by atoms with Gasteiger partial charge in [-0.05, 0) is 32.8 Å². The zero-order valence-electron chi connectivity index (χ0n) is 18.5. The molecular formula is C22H33N3O6. The Balaban J connectivity index is 1.73. The Kier molecular flexibility index (Phi) is 9.11. The van der Waals surface area contributed by atoms with Gasteiger partial charge in [-0.15, -0.1) is 0 Å². The maximum absolute atomic E-state index is 12.5. The van der Waals surface area contributed by atoms with Gasteiger partial charge < -0.3 is 24.8 Å². The van der Waals surface area contributed by atoms with Crippen molar-refractivity contribution in [1.82, 2.24) is 15.1 Å². The van der Waals surface area contributed by atoms with Crippen LogP contribution in [-0.2, 0) is 20.9 Å². The van der Waals surface area contributed by atoms with Crippen LogP contribution in [0.25, 0.3) is 0 Å². The Bertz CT molecular complexity index is 735. The molecule has 1 unspecified atom stereocenters. The van der Waals surface area contributed by atoms with Crippen LogP contribution in [-0.4, -0.2) is 77.4 Å². The summed E-state index contributed by atoms with van der Waals surface area (Å²) >= 11 is 0. The van der Waals surface area contributed by atoms with Crippen LogP contribution in [0, 0.1) is 0 Å². The monoisotopic (exact) mass is 435 g/mol. The van der Waals surface area contributed by atoms with Crippen molar-refractivity contribution in [3.05, 3.63) is 35.9 Å². The highest BCUT2D eigenvalue weighted by Gasteiger charge is 2.32. The third-order valence-corrected chi connectivity index (χ3v) is 4.72. The lowest BCUT2D eigenvalue weighted by Crippen LogP contribution is -2.58. The van der Waals surface area contributed by atoms with Crippen LogP contribution in [0.3, 0.4) is 0 Å². The maximum atomic E-state index is 12.5. The highest BCUT2D eigenvalue weighted by atomic mass is 16.6. The van der Waals surface area contributed by atoms with Crippen LogP contribution in [0.2, 0.25) is 0 Å². The number of benzene rings is 1. The average molecular weight is 436 g/mol. The van der Waals surface area contributed by atoms with Crippen molar-refractivity contribution in [3.63, 3.8) is 0 Å². The standard InChI is InChI=1S/C22H33N3O6/c1-22(2,3)31-20(28)23-11-7-10-19(27)24-12-13-25(18(14-24)15-26)21(29)30-16-17-8-5-4-6-9-17/h4-6,8-9,18,26H,7,10-16H2,1-3H3,(H,23,28). The van der Waals surface area contributed by atoms with Gasteiger partial charge in [-0.2, -0.15) is 0 Å². The van der Waals surface area contributed by atoms with E-state index in [1.165, 1.54) is 4.90 Å². The number of alkyl carbamates (subject to hydrolysis) is 1. The fourth-order valence-electron chi connectivity index (χ4n) is 3.18. The Morgan fingerprint density at radius 2 is 1.87 bits per heavy atom. The fourth-order valence-corrected chi connectivity index (χ4v) is 3.18. The van der Waals surface area contributed by atoms with Crippen LogP contribution >= 0.6 is 0 Å². The smallest absolute Gasteiger partial charge is 0.410 e. The van der Waals surface area contributed by atoms with Crippen molar-refractivity contribution < 1.29 is 29.0 Å². The van der Waals surface area contributed by atoms with Crippen LogP contribution in [0.1, 0.15) is 39.2 Å². The summed E-state index contributed by atoms with van der Waals surface area (Å²) in [6.07, 6.45) is -0.285. The van der Waals surface area contributed by atoms with Gasteiger partial charge in [0.05, 0.1) is 12.6 Å². The lowest BCUT2D eigenvalue weighted by Gasteiger charge is -2.40. The normalized spacial score (nSPS) is 16.6. The summed E-state index contributed by atoms with van der Waals surface area (Å²) in [6.45, 7) is 6.48. The number of aliphatic hydroxyl groups excluding tert-OH is 1. The van der Waals surface area contributed by atoms with Gasteiger partial charge in [0, 0.05) is 32.6 Å². The molecule has 1 aliphatic heterocycles. The predicted molar refractivity (Wildman–Crippen MR) is 114 cm³/mol. The first-order valence-electron chi connectivity index (χ1n) is 10.5. The van der Waals surface area contributed by atoms with Crippen LogP contribution < -0.4 is 5.32 Å². The Hall–Kier alpha value is -2.81. The second-order valence-corrected chi connectivity index (χ2v) is 8.44. The molecule has 1 aromatic carbocycles. The Labute approximate surface area is 183 Å². The summed E-state index contributed by atoms with van der Waals surface area (Å²) < 4.78 is 10.5. The summed E-state index contributed by atoms with van der Waals surface area (Å²) in [5.74, 6) is -0.0817. The van der Waals surface area contributed by atoms with Crippen LogP contribution in [0.15, 0.2) is 30.3 Å². The van der Waals surface area contributed by atoms with Gasteiger partial charge in [0.1, 0.15) is 12.2 Å². The molecule has 172 valence electrons. The number of nitrogens with zero attached hydrogens (tertiary/aromatic N) is 2. The number of hydrogen-bond donors (Lipinski definition) is 2. The van der Waals surface area contributed by atoms with Crippen molar-refractivity contribution in [2.75, 3.05) is 32.8 Å². The van der Waals surface area contributed by atoms with E-state index >= 15 is 0 Å². The topological polar surface area (TPSA) is 108 Å². The summed E-state index contributed by atoms with van der Waals surface area (Å²) in [4.78, 5) is 39.6. The minimum Gasteiger partial charge on any atom is -0.445 e. The van der Waals surface area contributed by atoms with Gasteiger partial charge in [0.15, 0.2) is 0 Å². The van der Waals surface area contributed by atoms with Crippen molar-refractivity contribution in [2.24, 2.45) is 0 Å². The summed E-state index contributed by atoms with van der Waals surface area (Å²) in [7, 11) is 0. The highest BCUT2D eigenvalue weighted by molar-refractivity contribution is 5.77. The number of carbonyl (C=O) groups excluding carboxylic acids is 3. The number of nitrogens with one attached hydrogen (secondary N) is 1. The number of carbonyl (C=O) groups is 3. The number of aliphatic hydroxyl groups is 1. The first kappa shape index (κ1) is 24.5. The van der Waals surface area contributed by atoms with Crippen molar-refractivity contribution in [2.45, 2.75) is 51.9 Å². The third-order valence-electron chi connectivity index (χ3n) is 4.72. The second kappa shape index (κ2) is 11.5. The van der Waals surface area contributed by atoms with Gasteiger partial charge >= 0.3 is 12.2 Å². The summed E-state index contributed by atoms with van der Waals surface area (Å²) in [6, 6.07) is 8.84. The molecular weight excluding hydrogens is 402 g/mol. The van der Waals surface area contributed by atoms with E-state index < -0.39 is 23.8 Å². The first-order valence-corrected chi connectivity index (χ1v) is 10.5. The molecule has 31 heavy (non-hydrogen) atoms. The van der Waals surface area contributed by atoms with E-state index in [2.05, 4.69) is 5.32 Å². The molecule has 0 radical (unpaired) electrons. The molecule has 1 atom stereocenters. The Morgan fingerprint density at radius 3 is 2.52 bits per heavy atom. The molecule has 1 heterocycles. The van der Waals surface area contributed by atoms with E-state index in [9.17, 15) is 19.5 Å². The van der Waals surface area contributed by atoms with E-state index in [1.54, 1.807) is 25.7 Å². The minimum absolute atomic E-state index is 0.0817. The predicted octanol–water partition coefficient (Wildman–Crippen LogP) is 2.13. The fraction of sp³-hybridized carbons (Fsp3) is 0.591. The van der Waals surface area contributed by atoms with Gasteiger partial charge in [0.2, 0.25) is 5.91 Å². The minimum atomic E-state index is -0.568. The Morgan fingerprint density at radius 1 is 1.16 bits per heavy atom. The van der Waals surface area contributed by atoms with E-state index in [0.717, 1.165) is 5.56 Å². The lowest BCUT2D eigenvalue weighted by atomic mass is 10.1.